The van der Waals surface area contributed by atoms with Gasteiger partial charge >= 0.3 is 0 Å². The summed E-state index contributed by atoms with van der Waals surface area (Å²) in [5.41, 5.74) is 2.65. The molecule has 11 nitrogen and oxygen atoms in total. The van der Waals surface area contributed by atoms with Gasteiger partial charge in [0.05, 0.1) is 15.5 Å². The van der Waals surface area contributed by atoms with Crippen molar-refractivity contribution in [2.75, 3.05) is 4.90 Å². The Morgan fingerprint density at radius 2 is 1.06 bits per heavy atom. The summed E-state index contributed by atoms with van der Waals surface area (Å²) in [6, 6.07) is 39.6. The number of benzene rings is 5. The number of anilines is 1. The molecule has 0 aliphatic rings. The number of nitro benzene ring substituents is 2. The summed E-state index contributed by atoms with van der Waals surface area (Å²) in [7, 11) is 0. The molecule has 5 aromatic carbocycles. The van der Waals surface area contributed by atoms with Gasteiger partial charge in [-0.2, -0.15) is 5.26 Å². The van der Waals surface area contributed by atoms with E-state index >= 15 is 0 Å². The number of nitro groups is 2. The van der Waals surface area contributed by atoms with Crippen LogP contribution in [0.4, 0.5) is 17.2 Å². The van der Waals surface area contributed by atoms with Crippen molar-refractivity contribution >= 4 is 29.0 Å². The van der Waals surface area contributed by atoms with Crippen molar-refractivity contribution in [1.82, 2.24) is 4.57 Å². The predicted octanol–water partition coefficient (Wildman–Crippen LogP) is 8.05. The maximum atomic E-state index is 14.6. The highest BCUT2D eigenvalue weighted by atomic mass is 16.6. The molecular formula is C38H25N5O6. The summed E-state index contributed by atoms with van der Waals surface area (Å²) in [4.78, 5) is 51.6. The van der Waals surface area contributed by atoms with E-state index in [0.29, 0.717) is 22.4 Å². The average molecular weight is 648 g/mol. The molecule has 0 radical (unpaired) electrons. The van der Waals surface area contributed by atoms with Gasteiger partial charge < -0.3 is 4.57 Å². The Balaban J connectivity index is 1.69. The minimum Gasteiger partial charge on any atom is -0.321 e. The molecule has 49 heavy (non-hydrogen) atoms. The molecular weight excluding hydrogens is 622 g/mol. The van der Waals surface area contributed by atoms with E-state index < -0.39 is 21.7 Å². The van der Waals surface area contributed by atoms with Gasteiger partial charge in [0.25, 0.3) is 23.2 Å². The molecule has 6 aromatic rings. The number of hydrogen-bond acceptors (Lipinski definition) is 7. The zero-order valence-corrected chi connectivity index (χ0v) is 25.7. The van der Waals surface area contributed by atoms with Gasteiger partial charge in [-0.3, -0.25) is 29.8 Å². The normalized spacial score (nSPS) is 10.6. The lowest BCUT2D eigenvalue weighted by Crippen LogP contribution is -2.39. The largest absolute Gasteiger partial charge is 0.321 e. The number of aromatic nitrogens is 1. The highest BCUT2D eigenvalue weighted by Crippen LogP contribution is 2.44. The minimum absolute atomic E-state index is 0.0317. The monoisotopic (exact) mass is 647 g/mol. The highest BCUT2D eigenvalue weighted by Gasteiger charge is 2.36. The SMILES string of the molecule is N#Cc1c(-c2ccccc2)c(-c2ccccc2)n(Cc2ccccc2)c1N(C(=O)c1ccc([N+](=O)[O-])cc1)C(=O)c1ccc([N+](=O)[O-])cc1. The predicted molar refractivity (Wildman–Crippen MR) is 183 cm³/mol. The number of hydrogen-bond donors (Lipinski definition) is 0. The van der Waals surface area contributed by atoms with Crippen molar-refractivity contribution in [2.45, 2.75) is 6.54 Å². The van der Waals surface area contributed by atoms with E-state index in [1.165, 1.54) is 24.3 Å². The van der Waals surface area contributed by atoms with Gasteiger partial charge in [-0.1, -0.05) is 91.0 Å². The van der Waals surface area contributed by atoms with E-state index in [9.17, 15) is 35.1 Å². The number of carbonyl (C=O) groups is 2. The van der Waals surface area contributed by atoms with Crippen LogP contribution in [0.2, 0.25) is 0 Å². The molecule has 0 saturated carbocycles. The lowest BCUT2D eigenvalue weighted by Gasteiger charge is -2.24. The molecule has 1 aromatic heterocycles. The van der Waals surface area contributed by atoms with E-state index in [0.717, 1.165) is 34.7 Å². The first kappa shape index (κ1) is 31.8. The Labute approximate surface area is 279 Å². The van der Waals surface area contributed by atoms with Crippen molar-refractivity contribution in [3.63, 3.8) is 0 Å². The Hall–Kier alpha value is -7.19. The summed E-state index contributed by atoms with van der Waals surface area (Å²) in [5, 5.41) is 33.7. The van der Waals surface area contributed by atoms with E-state index in [4.69, 9.17) is 0 Å². The van der Waals surface area contributed by atoms with Gasteiger partial charge in [0, 0.05) is 47.5 Å². The Morgan fingerprint density at radius 1 is 0.633 bits per heavy atom. The van der Waals surface area contributed by atoms with E-state index in [-0.39, 0.29) is 40.4 Å². The van der Waals surface area contributed by atoms with Crippen LogP contribution in [-0.2, 0) is 6.54 Å². The number of nitrogens with zero attached hydrogens (tertiary/aromatic N) is 5. The van der Waals surface area contributed by atoms with Crippen LogP contribution in [0.15, 0.2) is 140 Å². The minimum atomic E-state index is -0.860. The lowest BCUT2D eigenvalue weighted by atomic mass is 9.97. The van der Waals surface area contributed by atoms with Crippen molar-refractivity contribution in [2.24, 2.45) is 0 Å². The van der Waals surface area contributed by atoms with Crippen LogP contribution in [0, 0.1) is 31.6 Å². The summed E-state index contributed by atoms with van der Waals surface area (Å²) >= 11 is 0. The van der Waals surface area contributed by atoms with Gasteiger partial charge in [-0.05, 0) is 41.0 Å². The summed E-state index contributed by atoms with van der Waals surface area (Å²) in [5.74, 6) is -1.75. The molecule has 0 aliphatic heterocycles. The molecule has 0 bridgehead atoms. The van der Waals surface area contributed by atoms with Crippen molar-refractivity contribution in [3.8, 4) is 28.5 Å². The number of nitriles is 1. The van der Waals surface area contributed by atoms with Gasteiger partial charge in [0.2, 0.25) is 0 Å². The summed E-state index contributed by atoms with van der Waals surface area (Å²) < 4.78 is 1.75. The van der Waals surface area contributed by atoms with Crippen LogP contribution in [0.25, 0.3) is 22.4 Å². The first-order chi connectivity index (χ1) is 23.8. The molecule has 238 valence electrons. The van der Waals surface area contributed by atoms with Gasteiger partial charge in [0.1, 0.15) is 17.5 Å². The number of non-ortho nitro benzene ring substituents is 2. The Morgan fingerprint density at radius 3 is 1.49 bits per heavy atom. The molecule has 0 unspecified atom stereocenters. The molecule has 6 rings (SSSR count). The number of imide groups is 1. The maximum absolute atomic E-state index is 14.6. The second-order valence-electron chi connectivity index (χ2n) is 10.9. The number of amides is 2. The van der Waals surface area contributed by atoms with Crippen LogP contribution in [-0.4, -0.2) is 26.2 Å². The fourth-order valence-electron chi connectivity index (χ4n) is 5.64. The molecule has 0 spiro atoms. The molecule has 0 fully saturated rings. The fourth-order valence-corrected chi connectivity index (χ4v) is 5.64. The van der Waals surface area contributed by atoms with Crippen LogP contribution < -0.4 is 4.90 Å². The second kappa shape index (κ2) is 13.7. The molecule has 11 heteroatoms. The number of carbonyl (C=O) groups excluding carboxylic acids is 2. The standard InChI is InChI=1S/C38H25N5O6/c39-24-33-34(27-12-6-2-7-13-27)35(28-14-8-3-9-15-28)40(25-26-10-4-1-5-11-26)36(33)41(37(44)29-16-20-31(21-17-29)42(46)47)38(45)30-18-22-32(23-19-30)43(48)49/h1-23H,25H2. The van der Waals surface area contributed by atoms with Crippen molar-refractivity contribution in [1.29, 1.82) is 5.26 Å². The van der Waals surface area contributed by atoms with Crippen molar-refractivity contribution in [3.05, 3.63) is 182 Å². The Bertz CT molecular complexity index is 2160. The van der Waals surface area contributed by atoms with E-state index in [2.05, 4.69) is 6.07 Å². The topological polar surface area (TPSA) is 152 Å². The van der Waals surface area contributed by atoms with Crippen LogP contribution in [0.5, 0.6) is 0 Å². The van der Waals surface area contributed by atoms with Gasteiger partial charge in [-0.25, -0.2) is 4.90 Å². The third kappa shape index (κ3) is 6.30. The third-order valence-corrected chi connectivity index (χ3v) is 7.91. The zero-order chi connectivity index (χ0) is 34.5. The third-order valence-electron chi connectivity index (χ3n) is 7.91. The van der Waals surface area contributed by atoms with Crippen LogP contribution in [0.1, 0.15) is 31.8 Å². The van der Waals surface area contributed by atoms with Gasteiger partial charge in [-0.15, -0.1) is 0 Å². The molecule has 0 atom stereocenters. The van der Waals surface area contributed by atoms with E-state index in [1.807, 2.05) is 91.0 Å². The lowest BCUT2D eigenvalue weighted by molar-refractivity contribution is -0.385. The van der Waals surface area contributed by atoms with Crippen LogP contribution in [0.3, 0.4) is 0 Å². The first-order valence-corrected chi connectivity index (χ1v) is 15.0. The molecule has 2 amide bonds. The van der Waals surface area contributed by atoms with E-state index in [1.54, 1.807) is 4.57 Å². The number of rotatable bonds is 9. The molecule has 0 N–H and O–H groups in total. The molecule has 0 aliphatic carbocycles. The quantitative estimate of drug-likeness (QED) is 0.0874. The maximum Gasteiger partial charge on any atom is 0.269 e. The fraction of sp³-hybridized carbons (Fsp3) is 0.0263. The summed E-state index contributed by atoms with van der Waals surface area (Å²) in [6.07, 6.45) is 0. The smallest absolute Gasteiger partial charge is 0.269 e. The first-order valence-electron chi connectivity index (χ1n) is 15.0. The highest BCUT2D eigenvalue weighted by molar-refractivity contribution is 6.26. The zero-order valence-electron chi connectivity index (χ0n) is 25.7. The Kier molecular flexibility index (Phi) is 8.86. The molecule has 1 heterocycles. The second-order valence-corrected chi connectivity index (χ2v) is 10.9. The molecule has 0 saturated heterocycles. The van der Waals surface area contributed by atoms with Crippen LogP contribution >= 0.6 is 0 Å². The van der Waals surface area contributed by atoms with Gasteiger partial charge in [0.15, 0.2) is 0 Å². The average Bonchev–Trinajstić information content (AvgIpc) is 3.45. The van der Waals surface area contributed by atoms with Crippen molar-refractivity contribution < 1.29 is 19.4 Å². The summed E-state index contributed by atoms with van der Waals surface area (Å²) in [6.45, 7) is 0.138.